The van der Waals surface area contributed by atoms with Gasteiger partial charge in [0.25, 0.3) is 5.56 Å². The van der Waals surface area contributed by atoms with Crippen molar-refractivity contribution in [2.45, 2.75) is 19.4 Å². The number of hydrogen-bond acceptors (Lipinski definition) is 6. The lowest BCUT2D eigenvalue weighted by Crippen LogP contribution is -2.23. The molecule has 0 bridgehead atoms. The second kappa shape index (κ2) is 9.00. The van der Waals surface area contributed by atoms with Crippen LogP contribution in [-0.2, 0) is 0 Å². The standard InChI is InChI=1S/C25H23FN6O2/c1-2-3-13-31-14-12-17(15-31)32-23-21(24(27)28-29-25(23)33)22(30-32)16-8-10-18(11-9-16)34-20-7-5-4-6-19(20)26/h4-11,17H,12-15H2,1H3,(H2,27,28)(H,29,33)/t17-/m1/s1. The zero-order chi connectivity index (χ0) is 23.7. The molecule has 0 aliphatic carbocycles. The van der Waals surface area contributed by atoms with Crippen LogP contribution in [0.25, 0.3) is 22.2 Å². The molecule has 2 aromatic heterocycles. The number of anilines is 1. The Morgan fingerprint density at radius 2 is 2.03 bits per heavy atom. The molecule has 1 aliphatic heterocycles. The molecular weight excluding hydrogens is 435 g/mol. The number of nitrogens with two attached hydrogens (primary N) is 1. The average Bonchev–Trinajstić information content (AvgIpc) is 3.48. The Kier molecular flexibility index (Phi) is 5.74. The lowest BCUT2D eigenvalue weighted by atomic mass is 10.1. The van der Waals surface area contributed by atoms with E-state index in [2.05, 4.69) is 26.9 Å². The molecule has 4 aromatic rings. The number of ether oxygens (including phenoxy) is 1. The molecule has 0 saturated carbocycles. The van der Waals surface area contributed by atoms with E-state index in [0.29, 0.717) is 28.9 Å². The summed E-state index contributed by atoms with van der Waals surface area (Å²) in [6, 6.07) is 13.3. The molecule has 0 unspecified atom stereocenters. The van der Waals surface area contributed by atoms with Gasteiger partial charge in [-0.25, -0.2) is 9.49 Å². The van der Waals surface area contributed by atoms with Gasteiger partial charge in [-0.2, -0.15) is 10.2 Å². The number of nitrogens with zero attached hydrogens (tertiary/aromatic N) is 4. The molecule has 0 radical (unpaired) electrons. The van der Waals surface area contributed by atoms with Crippen molar-refractivity contribution in [2.75, 3.05) is 25.4 Å². The number of aromatic amines is 1. The number of para-hydroxylation sites is 1. The van der Waals surface area contributed by atoms with Crippen LogP contribution in [0.1, 0.15) is 19.4 Å². The topological polar surface area (TPSA) is 102 Å². The van der Waals surface area contributed by atoms with E-state index in [1.54, 1.807) is 47.1 Å². The number of benzene rings is 2. The van der Waals surface area contributed by atoms with Crippen molar-refractivity contribution < 1.29 is 9.13 Å². The fourth-order valence-electron chi connectivity index (χ4n) is 4.26. The fraction of sp³-hybridized carbons (Fsp3) is 0.240. The van der Waals surface area contributed by atoms with E-state index in [9.17, 15) is 9.18 Å². The maximum Gasteiger partial charge on any atom is 0.290 e. The summed E-state index contributed by atoms with van der Waals surface area (Å²) in [5.41, 5.74) is 7.56. The monoisotopic (exact) mass is 458 g/mol. The molecule has 1 fully saturated rings. The first-order chi connectivity index (χ1) is 16.5. The average molecular weight is 458 g/mol. The minimum Gasteiger partial charge on any atom is -0.454 e. The second-order valence-corrected chi connectivity index (χ2v) is 8.12. The largest absolute Gasteiger partial charge is 0.454 e. The molecule has 3 heterocycles. The summed E-state index contributed by atoms with van der Waals surface area (Å²) < 4.78 is 21.3. The Morgan fingerprint density at radius 3 is 2.79 bits per heavy atom. The lowest BCUT2D eigenvalue weighted by Gasteiger charge is -2.13. The highest BCUT2D eigenvalue weighted by molar-refractivity contribution is 5.99. The molecule has 9 heteroatoms. The van der Waals surface area contributed by atoms with Gasteiger partial charge < -0.3 is 10.5 Å². The number of rotatable bonds is 5. The number of nitrogens with one attached hydrogen (secondary N) is 1. The molecule has 1 atom stereocenters. The molecule has 34 heavy (non-hydrogen) atoms. The summed E-state index contributed by atoms with van der Waals surface area (Å²) in [6.45, 7) is 4.12. The van der Waals surface area contributed by atoms with Gasteiger partial charge in [0.1, 0.15) is 17.0 Å². The normalized spacial score (nSPS) is 15.9. The summed E-state index contributed by atoms with van der Waals surface area (Å²) in [5.74, 6) is 6.39. The highest BCUT2D eigenvalue weighted by Crippen LogP contribution is 2.34. The fourth-order valence-corrected chi connectivity index (χ4v) is 4.26. The van der Waals surface area contributed by atoms with Gasteiger partial charge in [-0.3, -0.25) is 14.4 Å². The summed E-state index contributed by atoms with van der Waals surface area (Å²) >= 11 is 0. The first-order valence-electron chi connectivity index (χ1n) is 11.0. The van der Waals surface area contributed by atoms with E-state index >= 15 is 0 Å². The Bertz CT molecular complexity index is 1470. The number of hydrogen-bond donors (Lipinski definition) is 2. The van der Waals surface area contributed by atoms with Crippen molar-refractivity contribution in [3.63, 3.8) is 0 Å². The zero-order valence-corrected chi connectivity index (χ0v) is 18.6. The smallest absolute Gasteiger partial charge is 0.290 e. The Labute approximate surface area is 195 Å². The maximum atomic E-state index is 13.9. The third kappa shape index (κ3) is 4.00. The quantitative estimate of drug-likeness (QED) is 0.444. The van der Waals surface area contributed by atoms with Crippen molar-refractivity contribution in [2.24, 2.45) is 0 Å². The van der Waals surface area contributed by atoms with Crippen molar-refractivity contribution >= 4 is 16.7 Å². The predicted molar refractivity (Wildman–Crippen MR) is 128 cm³/mol. The maximum absolute atomic E-state index is 13.9. The van der Waals surface area contributed by atoms with Crippen LogP contribution in [0.5, 0.6) is 11.5 Å². The van der Waals surface area contributed by atoms with Crippen molar-refractivity contribution in [3.05, 3.63) is 64.7 Å². The van der Waals surface area contributed by atoms with Gasteiger partial charge in [0.2, 0.25) is 0 Å². The molecule has 2 aromatic carbocycles. The van der Waals surface area contributed by atoms with E-state index in [4.69, 9.17) is 15.6 Å². The first kappa shape index (κ1) is 21.7. The number of H-pyrrole nitrogens is 1. The van der Waals surface area contributed by atoms with Crippen LogP contribution in [0, 0.1) is 17.7 Å². The van der Waals surface area contributed by atoms with E-state index in [1.807, 2.05) is 6.92 Å². The van der Waals surface area contributed by atoms with Gasteiger partial charge in [-0.15, -0.1) is 5.92 Å². The van der Waals surface area contributed by atoms with Gasteiger partial charge in [-0.1, -0.05) is 18.1 Å². The summed E-state index contributed by atoms with van der Waals surface area (Å²) in [4.78, 5) is 15.0. The second-order valence-electron chi connectivity index (χ2n) is 8.12. The highest BCUT2D eigenvalue weighted by atomic mass is 19.1. The van der Waals surface area contributed by atoms with Crippen molar-refractivity contribution in [1.29, 1.82) is 0 Å². The minimum absolute atomic E-state index is 0.0152. The number of aromatic nitrogens is 4. The number of halogens is 1. The summed E-state index contributed by atoms with van der Waals surface area (Å²) in [7, 11) is 0. The molecule has 0 spiro atoms. The van der Waals surface area contributed by atoms with E-state index < -0.39 is 5.82 Å². The van der Waals surface area contributed by atoms with E-state index in [0.717, 1.165) is 25.1 Å². The van der Waals surface area contributed by atoms with Crippen molar-refractivity contribution in [3.8, 4) is 34.6 Å². The lowest BCUT2D eigenvalue weighted by molar-refractivity contribution is 0.358. The minimum atomic E-state index is -0.440. The van der Waals surface area contributed by atoms with Crippen LogP contribution in [0.2, 0.25) is 0 Å². The Hall–Kier alpha value is -4.16. The molecule has 8 nitrogen and oxygen atoms in total. The van der Waals surface area contributed by atoms with Gasteiger partial charge in [-0.05, 0) is 49.7 Å². The van der Waals surface area contributed by atoms with Crippen LogP contribution in [0.15, 0.2) is 53.3 Å². The molecule has 172 valence electrons. The van der Waals surface area contributed by atoms with Gasteiger partial charge in [0.15, 0.2) is 17.4 Å². The van der Waals surface area contributed by atoms with Gasteiger partial charge >= 0.3 is 0 Å². The Balaban J connectivity index is 1.51. The SMILES string of the molecule is CC#CCN1CC[C@@H](n2nc(-c3ccc(Oc4ccccc4F)cc3)c3c(N)n[nH]c(=O)c32)C1. The molecule has 1 aliphatic rings. The van der Waals surface area contributed by atoms with Gasteiger partial charge in [0, 0.05) is 18.7 Å². The van der Waals surface area contributed by atoms with E-state index in [-0.39, 0.29) is 23.2 Å². The molecule has 5 rings (SSSR count). The summed E-state index contributed by atoms with van der Waals surface area (Å²) in [5, 5.41) is 11.8. The highest BCUT2D eigenvalue weighted by Gasteiger charge is 2.28. The third-order valence-electron chi connectivity index (χ3n) is 5.92. The van der Waals surface area contributed by atoms with Crippen LogP contribution >= 0.6 is 0 Å². The Morgan fingerprint density at radius 1 is 1.24 bits per heavy atom. The number of likely N-dealkylation sites (tertiary alicyclic amines) is 1. The van der Waals surface area contributed by atoms with Crippen LogP contribution < -0.4 is 16.0 Å². The molecule has 1 saturated heterocycles. The van der Waals surface area contributed by atoms with Crippen LogP contribution in [0.3, 0.4) is 0 Å². The number of fused-ring (bicyclic) bond motifs is 1. The summed E-state index contributed by atoms with van der Waals surface area (Å²) in [6.07, 6.45) is 0.846. The van der Waals surface area contributed by atoms with Crippen LogP contribution in [0.4, 0.5) is 10.2 Å². The molecule has 3 N–H and O–H groups in total. The first-order valence-corrected chi connectivity index (χ1v) is 11.0. The van der Waals surface area contributed by atoms with Crippen LogP contribution in [-0.4, -0.2) is 44.5 Å². The number of nitrogen functional groups attached to an aromatic ring is 1. The van der Waals surface area contributed by atoms with E-state index in [1.165, 1.54) is 6.07 Å². The zero-order valence-electron chi connectivity index (χ0n) is 18.6. The third-order valence-corrected chi connectivity index (χ3v) is 5.92. The van der Waals surface area contributed by atoms with Gasteiger partial charge in [0.05, 0.1) is 18.0 Å². The predicted octanol–water partition coefficient (Wildman–Crippen LogP) is 3.57. The molecular formula is C25H23FN6O2. The van der Waals surface area contributed by atoms with Crippen molar-refractivity contribution in [1.82, 2.24) is 24.9 Å². The molecule has 0 amide bonds.